The molecule has 1 aliphatic carbocycles. The number of aliphatic imine (C=N–C) groups is 1. The number of hydrogen-bond donors (Lipinski definition) is 2. The average Bonchev–Trinajstić information content (AvgIpc) is 3.61. The van der Waals surface area contributed by atoms with Crippen molar-refractivity contribution >= 4 is 45.3 Å². The summed E-state index contributed by atoms with van der Waals surface area (Å²) in [5.74, 6) is -1.57. The Morgan fingerprint density at radius 3 is 2.41 bits per heavy atom. The normalized spacial score (nSPS) is 21.7. The first-order valence-corrected chi connectivity index (χ1v) is 13.2. The first kappa shape index (κ1) is 26.8. The van der Waals surface area contributed by atoms with Gasteiger partial charge in [-0.15, -0.1) is 0 Å². The molecule has 0 unspecified atom stereocenters. The van der Waals surface area contributed by atoms with Crippen molar-refractivity contribution in [3.63, 3.8) is 0 Å². The number of sulfonamides is 1. The van der Waals surface area contributed by atoms with Gasteiger partial charge in [-0.25, -0.2) is 31.9 Å². The number of nitrogens with one attached hydrogen (secondary N) is 2. The summed E-state index contributed by atoms with van der Waals surface area (Å²) in [5.41, 5.74) is -2.21. The van der Waals surface area contributed by atoms with E-state index >= 15 is 4.39 Å². The summed E-state index contributed by atoms with van der Waals surface area (Å²) in [6.07, 6.45) is 0.898. The number of nitrogens with zero attached hydrogens (tertiary/aromatic N) is 3. The molecule has 1 atom stereocenters. The molecule has 2 N–H and O–H groups in total. The smallest absolute Gasteiger partial charge is 0.414 e. The molecule has 2 aliphatic rings. The fourth-order valence-corrected chi connectivity index (χ4v) is 6.58. The van der Waals surface area contributed by atoms with Gasteiger partial charge in [-0.05, 0) is 70.9 Å². The first-order valence-electron chi connectivity index (χ1n) is 11.4. The highest BCUT2D eigenvalue weighted by molar-refractivity contribution is 7.91. The van der Waals surface area contributed by atoms with Crippen LogP contribution in [0.15, 0.2) is 41.5 Å². The molecule has 37 heavy (non-hydrogen) atoms. The number of halogens is 2. The number of carbonyl (C=O) groups is 2. The highest BCUT2D eigenvalue weighted by Crippen LogP contribution is 2.60. The number of pyridine rings is 1. The predicted molar refractivity (Wildman–Crippen MR) is 136 cm³/mol. The summed E-state index contributed by atoms with van der Waals surface area (Å²) in [6.45, 7) is 6.49. The topological polar surface area (TPSA) is 130 Å². The Morgan fingerprint density at radius 2 is 1.84 bits per heavy atom. The van der Waals surface area contributed by atoms with Crippen LogP contribution in [0.1, 0.15) is 56.6 Å². The van der Waals surface area contributed by atoms with Crippen LogP contribution in [0.25, 0.3) is 0 Å². The summed E-state index contributed by atoms with van der Waals surface area (Å²) in [5, 5.41) is 5.39. The Labute approximate surface area is 219 Å². The molecule has 10 nitrogen and oxygen atoms in total. The van der Waals surface area contributed by atoms with Crippen molar-refractivity contribution in [1.29, 1.82) is 0 Å². The van der Waals surface area contributed by atoms with Gasteiger partial charge < -0.3 is 10.1 Å². The van der Waals surface area contributed by atoms with Gasteiger partial charge in [0.2, 0.25) is 16.0 Å². The molecule has 4 rings (SSSR count). The zero-order valence-electron chi connectivity index (χ0n) is 20.9. The van der Waals surface area contributed by atoms with Gasteiger partial charge in [-0.1, -0.05) is 11.6 Å². The lowest BCUT2D eigenvalue weighted by atomic mass is 9.86. The summed E-state index contributed by atoms with van der Waals surface area (Å²) in [7, 11) is -2.79. The predicted octanol–water partition coefficient (Wildman–Crippen LogP) is 4.03. The third kappa shape index (κ3) is 4.75. The van der Waals surface area contributed by atoms with Gasteiger partial charge in [-0.3, -0.25) is 10.1 Å². The number of alkyl carbamates (subject to hydrolysis) is 1. The number of benzene rings is 1. The standard InChI is InChI=1S/C24H27ClFN5O5S/c1-22(2,3)36-21(33)29-20-30-23(4,24(10-11-24)37(34,35)31(20)5)16-12-15(7-8-17(16)26)28-19(32)18-9-6-14(25)13-27-18/h6-9,12-13H,10-11H2,1-5H3,(H,28,32)(H,29,30,33)/t23-/m1/s1. The lowest BCUT2D eigenvalue weighted by Gasteiger charge is -2.43. The fraction of sp³-hybridized carbons (Fsp3) is 0.417. The SMILES string of the molecule is CN1C(NC(=O)OC(C)(C)C)=N[C@](C)(c2cc(NC(=O)c3ccc(Cl)cn3)ccc2F)C2(CC2)S1(=O)=O. The minimum Gasteiger partial charge on any atom is -0.444 e. The highest BCUT2D eigenvalue weighted by Gasteiger charge is 2.71. The Balaban J connectivity index is 1.75. The lowest BCUT2D eigenvalue weighted by molar-refractivity contribution is 0.0558. The Kier molecular flexibility index (Phi) is 6.48. The van der Waals surface area contributed by atoms with Crippen molar-refractivity contribution in [3.8, 4) is 0 Å². The zero-order chi connectivity index (χ0) is 27.4. The Morgan fingerprint density at radius 1 is 1.16 bits per heavy atom. The molecule has 2 heterocycles. The molecule has 1 aromatic carbocycles. The number of anilines is 1. The second-order valence-electron chi connectivity index (χ2n) is 10.1. The molecule has 198 valence electrons. The third-order valence-electron chi connectivity index (χ3n) is 6.39. The van der Waals surface area contributed by atoms with Crippen molar-refractivity contribution < 1.29 is 27.1 Å². The number of aromatic nitrogens is 1. The van der Waals surface area contributed by atoms with Crippen LogP contribution in [0.4, 0.5) is 14.9 Å². The van der Waals surface area contributed by atoms with Gasteiger partial charge in [0.05, 0.1) is 5.02 Å². The molecule has 0 bridgehead atoms. The molecule has 1 fully saturated rings. The molecular weight excluding hydrogens is 525 g/mol. The third-order valence-corrected chi connectivity index (χ3v) is 9.31. The lowest BCUT2D eigenvalue weighted by Crippen LogP contribution is -2.60. The van der Waals surface area contributed by atoms with Crippen LogP contribution >= 0.6 is 11.6 Å². The number of guanidine groups is 1. The number of carbonyl (C=O) groups excluding carboxylic acids is 2. The van der Waals surface area contributed by atoms with E-state index in [0.717, 1.165) is 10.4 Å². The second kappa shape index (κ2) is 8.95. The van der Waals surface area contributed by atoms with E-state index in [-0.39, 0.29) is 35.7 Å². The number of ether oxygens (including phenoxy) is 1. The molecule has 1 saturated carbocycles. The molecule has 2 amide bonds. The number of hydrogen-bond acceptors (Lipinski definition) is 7. The van der Waals surface area contributed by atoms with Crippen LogP contribution in [0.5, 0.6) is 0 Å². The second-order valence-corrected chi connectivity index (χ2v) is 12.8. The molecule has 1 spiro atoms. The minimum atomic E-state index is -4.07. The van der Waals surface area contributed by atoms with E-state index in [1.807, 2.05) is 0 Å². The van der Waals surface area contributed by atoms with Gasteiger partial charge in [0.15, 0.2) is 0 Å². The summed E-state index contributed by atoms with van der Waals surface area (Å²) in [4.78, 5) is 33.6. The number of rotatable bonds is 3. The van der Waals surface area contributed by atoms with E-state index in [0.29, 0.717) is 5.02 Å². The fourth-order valence-electron chi connectivity index (χ4n) is 4.36. The van der Waals surface area contributed by atoms with Crippen LogP contribution in [0, 0.1) is 5.82 Å². The van der Waals surface area contributed by atoms with E-state index in [1.165, 1.54) is 44.4 Å². The highest BCUT2D eigenvalue weighted by atomic mass is 35.5. The van der Waals surface area contributed by atoms with E-state index in [2.05, 4.69) is 20.6 Å². The van der Waals surface area contributed by atoms with Gasteiger partial charge in [0, 0.05) is 24.5 Å². The Bertz CT molecular complexity index is 1400. The maximum Gasteiger partial charge on any atom is 0.414 e. The number of amides is 2. The molecule has 13 heteroatoms. The summed E-state index contributed by atoms with van der Waals surface area (Å²) < 4.78 is 47.2. The van der Waals surface area contributed by atoms with Crippen LogP contribution in [-0.2, 0) is 20.3 Å². The molecule has 1 aliphatic heterocycles. The van der Waals surface area contributed by atoms with Gasteiger partial charge in [-0.2, -0.15) is 0 Å². The van der Waals surface area contributed by atoms with Gasteiger partial charge in [0.1, 0.15) is 27.4 Å². The molecule has 2 aromatic rings. The van der Waals surface area contributed by atoms with Crippen molar-refractivity contribution in [3.05, 3.63) is 58.6 Å². The maximum absolute atomic E-state index is 15.3. The minimum absolute atomic E-state index is 0.0490. The van der Waals surface area contributed by atoms with Crippen molar-refractivity contribution in [2.24, 2.45) is 4.99 Å². The van der Waals surface area contributed by atoms with Crippen LogP contribution < -0.4 is 10.6 Å². The largest absolute Gasteiger partial charge is 0.444 e. The van der Waals surface area contributed by atoms with Crippen molar-refractivity contribution in [1.82, 2.24) is 14.6 Å². The van der Waals surface area contributed by atoms with Crippen LogP contribution in [-0.4, -0.2) is 53.1 Å². The Hall–Kier alpha value is -3.25. The summed E-state index contributed by atoms with van der Waals surface area (Å²) >= 11 is 5.82. The molecule has 0 radical (unpaired) electrons. The summed E-state index contributed by atoms with van der Waals surface area (Å²) in [6, 6.07) is 6.77. The van der Waals surface area contributed by atoms with E-state index in [4.69, 9.17) is 16.3 Å². The monoisotopic (exact) mass is 551 g/mol. The van der Waals surface area contributed by atoms with E-state index < -0.39 is 43.7 Å². The quantitative estimate of drug-likeness (QED) is 0.592. The average molecular weight is 552 g/mol. The molecular formula is C24H27ClFN5O5S. The van der Waals surface area contributed by atoms with E-state index in [1.54, 1.807) is 20.8 Å². The first-order chi connectivity index (χ1) is 17.1. The van der Waals surface area contributed by atoms with Gasteiger partial charge >= 0.3 is 6.09 Å². The molecule has 1 aromatic heterocycles. The maximum atomic E-state index is 15.3. The van der Waals surface area contributed by atoms with E-state index in [9.17, 15) is 18.0 Å². The van der Waals surface area contributed by atoms with Crippen molar-refractivity contribution in [2.75, 3.05) is 12.4 Å². The zero-order valence-corrected chi connectivity index (χ0v) is 22.5. The molecule has 0 saturated heterocycles. The van der Waals surface area contributed by atoms with Gasteiger partial charge in [0.25, 0.3) is 5.91 Å². The van der Waals surface area contributed by atoms with Crippen molar-refractivity contribution in [2.45, 2.75) is 56.4 Å². The van der Waals surface area contributed by atoms with Crippen LogP contribution in [0.2, 0.25) is 5.02 Å². The van der Waals surface area contributed by atoms with Crippen LogP contribution in [0.3, 0.4) is 0 Å².